The number of anilines is 1. The van der Waals surface area contributed by atoms with E-state index in [4.69, 9.17) is 4.42 Å². The summed E-state index contributed by atoms with van der Waals surface area (Å²) < 4.78 is 5.56. The first-order valence-corrected chi connectivity index (χ1v) is 11.8. The molecule has 4 bridgehead atoms. The summed E-state index contributed by atoms with van der Waals surface area (Å²) in [7, 11) is 0. The molecule has 1 saturated heterocycles. The second kappa shape index (κ2) is 7.32. The van der Waals surface area contributed by atoms with Crippen LogP contribution >= 0.6 is 0 Å². The monoisotopic (exact) mass is 432 g/mol. The summed E-state index contributed by atoms with van der Waals surface area (Å²) in [6, 6.07) is 11.8. The lowest BCUT2D eigenvalue weighted by molar-refractivity contribution is -0.162. The lowest BCUT2D eigenvalue weighted by atomic mass is 9.49. The van der Waals surface area contributed by atoms with Gasteiger partial charge in [-0.15, -0.1) is 0 Å². The minimum absolute atomic E-state index is 0.0204. The van der Waals surface area contributed by atoms with Gasteiger partial charge in [0.05, 0.1) is 30.3 Å². The van der Waals surface area contributed by atoms with Crippen LogP contribution in [-0.2, 0) is 20.9 Å². The highest BCUT2D eigenvalue weighted by molar-refractivity contribution is 6.23. The molecule has 1 aromatic carbocycles. The SMILES string of the molecule is O=C1CC(N(Cc2ccco2)C(=O)C23CC4CC(CC(C4)C2)C3)C(=O)N1c1ccccc1. The van der Waals surface area contributed by atoms with Crippen LogP contribution in [0.4, 0.5) is 5.69 Å². The second-order valence-corrected chi connectivity index (χ2v) is 10.3. The van der Waals surface area contributed by atoms with E-state index in [1.165, 1.54) is 24.2 Å². The number of para-hydroxylation sites is 1. The van der Waals surface area contributed by atoms with Crippen LogP contribution in [0, 0.1) is 23.2 Å². The molecule has 0 radical (unpaired) electrons. The zero-order valence-electron chi connectivity index (χ0n) is 18.1. The molecular formula is C26H28N2O4. The minimum atomic E-state index is -0.784. The van der Waals surface area contributed by atoms with Crippen LogP contribution in [0.3, 0.4) is 0 Å². The maximum absolute atomic E-state index is 14.2. The first-order chi connectivity index (χ1) is 15.5. The molecule has 1 atom stereocenters. The molecule has 4 saturated carbocycles. The summed E-state index contributed by atoms with van der Waals surface area (Å²) in [4.78, 5) is 43.5. The van der Waals surface area contributed by atoms with Crippen LogP contribution in [0.1, 0.15) is 50.7 Å². The van der Waals surface area contributed by atoms with Crippen LogP contribution in [0.2, 0.25) is 0 Å². The topological polar surface area (TPSA) is 70.8 Å². The van der Waals surface area contributed by atoms with Crippen molar-refractivity contribution in [3.63, 3.8) is 0 Å². The van der Waals surface area contributed by atoms with Crippen LogP contribution in [0.5, 0.6) is 0 Å². The van der Waals surface area contributed by atoms with E-state index in [2.05, 4.69) is 0 Å². The van der Waals surface area contributed by atoms with Crippen LogP contribution in [0.25, 0.3) is 0 Å². The van der Waals surface area contributed by atoms with Crippen molar-refractivity contribution in [3.8, 4) is 0 Å². The Hall–Kier alpha value is -2.89. The van der Waals surface area contributed by atoms with Gasteiger partial charge in [0.1, 0.15) is 11.8 Å². The predicted octanol–water partition coefficient (Wildman–Crippen LogP) is 4.16. The fourth-order valence-electron chi connectivity index (χ4n) is 7.28. The molecule has 5 aliphatic rings. The number of hydrogen-bond donors (Lipinski definition) is 0. The number of carbonyl (C=O) groups is 3. The molecule has 166 valence electrons. The van der Waals surface area contributed by atoms with E-state index in [0.717, 1.165) is 19.3 Å². The van der Waals surface area contributed by atoms with Gasteiger partial charge in [0.2, 0.25) is 11.8 Å². The number of furan rings is 1. The molecule has 0 spiro atoms. The van der Waals surface area contributed by atoms with Gasteiger partial charge in [0.15, 0.2) is 0 Å². The lowest BCUT2D eigenvalue weighted by Crippen LogP contribution is -2.57. The Bertz CT molecular complexity index is 1010. The summed E-state index contributed by atoms with van der Waals surface area (Å²) >= 11 is 0. The largest absolute Gasteiger partial charge is 0.467 e. The second-order valence-electron chi connectivity index (χ2n) is 10.3. The van der Waals surface area contributed by atoms with Crippen molar-refractivity contribution in [1.29, 1.82) is 0 Å². The molecule has 2 heterocycles. The number of imide groups is 1. The van der Waals surface area contributed by atoms with Crippen molar-refractivity contribution < 1.29 is 18.8 Å². The van der Waals surface area contributed by atoms with Gasteiger partial charge in [-0.2, -0.15) is 0 Å². The molecule has 32 heavy (non-hydrogen) atoms. The van der Waals surface area contributed by atoms with Crippen molar-refractivity contribution >= 4 is 23.4 Å². The van der Waals surface area contributed by atoms with E-state index in [9.17, 15) is 14.4 Å². The summed E-state index contributed by atoms with van der Waals surface area (Å²) in [5, 5.41) is 0. The Labute approximate surface area is 187 Å². The molecule has 1 aliphatic heterocycles. The van der Waals surface area contributed by atoms with Gasteiger partial charge in [-0.25, -0.2) is 4.90 Å². The van der Waals surface area contributed by atoms with Gasteiger partial charge in [-0.05, 0) is 80.5 Å². The van der Waals surface area contributed by atoms with E-state index in [-0.39, 0.29) is 36.1 Å². The van der Waals surface area contributed by atoms with Gasteiger partial charge >= 0.3 is 0 Å². The minimum Gasteiger partial charge on any atom is -0.467 e. The zero-order valence-corrected chi connectivity index (χ0v) is 18.1. The van der Waals surface area contributed by atoms with Gasteiger partial charge < -0.3 is 9.32 Å². The average Bonchev–Trinajstić information content (AvgIpc) is 3.38. The Balaban J connectivity index is 1.34. The molecular weight excluding hydrogens is 404 g/mol. The molecule has 1 unspecified atom stereocenters. The predicted molar refractivity (Wildman–Crippen MR) is 117 cm³/mol. The fourth-order valence-corrected chi connectivity index (χ4v) is 7.28. The molecule has 6 nitrogen and oxygen atoms in total. The first kappa shape index (κ1) is 19.8. The molecule has 3 amide bonds. The fraction of sp³-hybridized carbons (Fsp3) is 0.500. The van der Waals surface area contributed by atoms with Crippen molar-refractivity contribution in [2.75, 3.05) is 4.90 Å². The Morgan fingerprint density at radius 1 is 0.969 bits per heavy atom. The third-order valence-corrected chi connectivity index (χ3v) is 8.17. The van der Waals surface area contributed by atoms with Gasteiger partial charge in [0, 0.05) is 0 Å². The number of nitrogens with zero attached hydrogens (tertiary/aromatic N) is 2. The molecule has 2 aromatic rings. The van der Waals surface area contributed by atoms with E-state index in [1.807, 2.05) is 24.3 Å². The van der Waals surface area contributed by atoms with E-state index >= 15 is 0 Å². The van der Waals surface area contributed by atoms with Gasteiger partial charge in [0.25, 0.3) is 5.91 Å². The molecule has 4 aliphatic carbocycles. The van der Waals surface area contributed by atoms with E-state index in [0.29, 0.717) is 29.2 Å². The Morgan fingerprint density at radius 2 is 1.62 bits per heavy atom. The number of amides is 3. The average molecular weight is 433 g/mol. The third kappa shape index (κ3) is 3.11. The van der Waals surface area contributed by atoms with Crippen LogP contribution in [0.15, 0.2) is 53.1 Å². The van der Waals surface area contributed by atoms with Gasteiger partial charge in [-0.1, -0.05) is 18.2 Å². The molecule has 1 aromatic heterocycles. The van der Waals surface area contributed by atoms with Crippen molar-refractivity contribution in [3.05, 3.63) is 54.5 Å². The lowest BCUT2D eigenvalue weighted by Gasteiger charge is -2.56. The summed E-state index contributed by atoms with van der Waals surface area (Å²) in [5.41, 5.74) is 0.176. The highest BCUT2D eigenvalue weighted by atomic mass is 16.3. The quantitative estimate of drug-likeness (QED) is 0.666. The standard InChI is InChI=1S/C26H28N2O4/c29-23-12-22(24(30)28(23)20-5-2-1-3-6-20)27(16-21-7-4-8-32-21)25(31)26-13-17-9-18(14-26)11-19(10-17)15-26/h1-8,17-19,22H,9-16H2. The number of hydrogen-bond acceptors (Lipinski definition) is 4. The highest BCUT2D eigenvalue weighted by Crippen LogP contribution is 2.60. The summed E-state index contributed by atoms with van der Waals surface area (Å²) in [6.45, 7) is 0.222. The smallest absolute Gasteiger partial charge is 0.257 e. The number of carbonyl (C=O) groups excluding carboxylic acids is 3. The third-order valence-electron chi connectivity index (χ3n) is 8.17. The summed E-state index contributed by atoms with van der Waals surface area (Å²) in [6.07, 6.45) is 8.10. The van der Waals surface area contributed by atoms with E-state index < -0.39 is 6.04 Å². The highest BCUT2D eigenvalue weighted by Gasteiger charge is 2.57. The van der Waals surface area contributed by atoms with E-state index in [1.54, 1.807) is 29.4 Å². The Morgan fingerprint density at radius 3 is 2.22 bits per heavy atom. The Kier molecular flexibility index (Phi) is 4.52. The molecule has 5 fully saturated rings. The molecule has 6 heteroatoms. The number of rotatable bonds is 5. The van der Waals surface area contributed by atoms with Crippen LogP contribution in [-0.4, -0.2) is 28.7 Å². The molecule has 0 N–H and O–H groups in total. The van der Waals surface area contributed by atoms with Crippen molar-refractivity contribution in [2.24, 2.45) is 23.2 Å². The zero-order chi connectivity index (χ0) is 21.9. The maximum Gasteiger partial charge on any atom is 0.257 e. The van der Waals surface area contributed by atoms with Crippen LogP contribution < -0.4 is 4.90 Å². The van der Waals surface area contributed by atoms with Gasteiger partial charge in [-0.3, -0.25) is 14.4 Å². The first-order valence-electron chi connectivity index (χ1n) is 11.8. The maximum atomic E-state index is 14.2. The van der Waals surface area contributed by atoms with Crippen molar-refractivity contribution in [2.45, 2.75) is 57.5 Å². The summed E-state index contributed by atoms with van der Waals surface area (Å²) in [5.74, 6) is 1.99. The normalized spacial score (nSPS) is 33.2. The van der Waals surface area contributed by atoms with Crippen molar-refractivity contribution in [1.82, 2.24) is 4.90 Å². The molecule has 7 rings (SSSR count). The number of benzene rings is 1.